The van der Waals surface area contributed by atoms with Crippen molar-refractivity contribution in [3.8, 4) is 33.4 Å². The quantitative estimate of drug-likeness (QED) is 0.155. The Balaban J connectivity index is 1.38. The Kier molecular flexibility index (Phi) is 7.96. The Morgan fingerprint density at radius 1 is 0.560 bits per heavy atom. The van der Waals surface area contributed by atoms with E-state index in [2.05, 4.69) is 177 Å². The van der Waals surface area contributed by atoms with Crippen molar-refractivity contribution < 1.29 is 0 Å². The summed E-state index contributed by atoms with van der Waals surface area (Å²) in [6.45, 7) is 18.3. The maximum absolute atomic E-state index is 2.51. The molecular formula is C49H46S. The zero-order chi connectivity index (χ0) is 34.9. The number of hydrogen-bond donors (Lipinski definition) is 0. The molecule has 0 saturated heterocycles. The van der Waals surface area contributed by atoms with Crippen molar-refractivity contribution in [2.24, 2.45) is 0 Å². The Labute approximate surface area is 301 Å². The number of thiophene rings is 1. The summed E-state index contributed by atoms with van der Waals surface area (Å²) in [4.78, 5) is 1.46. The first-order chi connectivity index (χ1) is 24.1. The Morgan fingerprint density at radius 2 is 1.10 bits per heavy atom. The Morgan fingerprint density at radius 3 is 1.66 bits per heavy atom. The van der Waals surface area contributed by atoms with Crippen molar-refractivity contribution in [1.82, 2.24) is 0 Å². The summed E-state index contributed by atoms with van der Waals surface area (Å²) in [6.07, 6.45) is 9.02. The fraction of sp³-hybridized carbons (Fsp3) is 0.224. The van der Waals surface area contributed by atoms with E-state index >= 15 is 0 Å². The van der Waals surface area contributed by atoms with E-state index in [-0.39, 0.29) is 5.41 Å². The van der Waals surface area contributed by atoms with Crippen molar-refractivity contribution >= 4 is 55.1 Å². The number of allylic oxidation sites excluding steroid dienone is 2. The largest absolute Gasteiger partial charge is 0.139 e. The van der Waals surface area contributed by atoms with Crippen LogP contribution in [0.3, 0.4) is 0 Å². The van der Waals surface area contributed by atoms with E-state index < -0.39 is 0 Å². The molecule has 7 aromatic rings. The third-order valence-electron chi connectivity index (χ3n) is 11.0. The van der Waals surface area contributed by atoms with E-state index in [9.17, 15) is 0 Å². The minimum absolute atomic E-state index is 0.124. The van der Waals surface area contributed by atoms with Gasteiger partial charge in [-0.2, -0.15) is 0 Å². The minimum atomic E-state index is -0.124. The van der Waals surface area contributed by atoms with Gasteiger partial charge in [-0.1, -0.05) is 145 Å². The molecule has 0 bridgehead atoms. The third kappa shape index (κ3) is 4.85. The highest BCUT2D eigenvalue weighted by Gasteiger charge is 2.38. The molecule has 0 N–H and O–H groups in total. The van der Waals surface area contributed by atoms with Crippen molar-refractivity contribution in [2.45, 2.75) is 72.6 Å². The van der Waals surface area contributed by atoms with E-state index in [4.69, 9.17) is 0 Å². The number of hydrogen-bond acceptors (Lipinski definition) is 1. The van der Waals surface area contributed by atoms with Crippen LogP contribution in [-0.4, -0.2) is 0 Å². The molecule has 0 unspecified atom stereocenters. The molecule has 0 spiro atoms. The van der Waals surface area contributed by atoms with Gasteiger partial charge in [0, 0.05) is 20.4 Å². The average Bonchev–Trinajstić information content (AvgIpc) is 3.58. The lowest BCUT2D eigenvalue weighted by molar-refractivity contribution is 0.656. The highest BCUT2D eigenvalue weighted by molar-refractivity contribution is 7.19. The molecule has 50 heavy (non-hydrogen) atoms. The molecule has 1 heterocycles. The van der Waals surface area contributed by atoms with Gasteiger partial charge >= 0.3 is 0 Å². The van der Waals surface area contributed by atoms with Gasteiger partial charge in [-0.25, -0.2) is 0 Å². The predicted molar refractivity (Wildman–Crippen MR) is 223 cm³/mol. The Hall–Kier alpha value is -4.72. The van der Waals surface area contributed by atoms with E-state index in [1.165, 1.54) is 97.7 Å². The van der Waals surface area contributed by atoms with Crippen LogP contribution in [-0.2, 0) is 5.41 Å². The third-order valence-corrected chi connectivity index (χ3v) is 12.5. The van der Waals surface area contributed by atoms with Crippen LogP contribution in [0.25, 0.3) is 77.2 Å². The maximum Gasteiger partial charge on any atom is 0.0352 e. The summed E-state index contributed by atoms with van der Waals surface area (Å²) in [5.74, 6) is 0.949. The summed E-state index contributed by atoms with van der Waals surface area (Å²) < 4.78 is 1.36. The lowest BCUT2D eigenvalue weighted by Gasteiger charge is -2.26. The molecule has 1 heteroatoms. The van der Waals surface area contributed by atoms with Gasteiger partial charge in [0.2, 0.25) is 0 Å². The topological polar surface area (TPSA) is 0 Å². The van der Waals surface area contributed by atoms with Crippen molar-refractivity contribution in [1.29, 1.82) is 0 Å². The molecule has 6 aromatic carbocycles. The van der Waals surface area contributed by atoms with E-state index in [1.807, 2.05) is 11.3 Å². The van der Waals surface area contributed by atoms with Crippen LogP contribution in [0.5, 0.6) is 0 Å². The van der Waals surface area contributed by atoms with Crippen LogP contribution in [0.4, 0.5) is 0 Å². The lowest BCUT2D eigenvalue weighted by Crippen LogP contribution is -2.17. The fourth-order valence-electron chi connectivity index (χ4n) is 8.78. The molecule has 0 amide bonds. The minimum Gasteiger partial charge on any atom is -0.139 e. The van der Waals surface area contributed by atoms with Crippen molar-refractivity contribution in [2.75, 3.05) is 0 Å². The smallest absolute Gasteiger partial charge is 0.0352 e. The van der Waals surface area contributed by atoms with Crippen LogP contribution < -0.4 is 0 Å². The molecule has 0 aliphatic heterocycles. The first-order valence-electron chi connectivity index (χ1n) is 18.2. The molecule has 1 aliphatic carbocycles. The first kappa shape index (κ1) is 32.5. The SMILES string of the molecule is C/C=C\c1c(C(C)C)ccc2c1C(C)(C)c1cc(-c3c4ccccc4c(-c4ccc5sc(C(C)C)c(/C=C\C)c5c4)c4ccccc34)ccc1-2. The monoisotopic (exact) mass is 666 g/mol. The number of rotatable bonds is 6. The second-order valence-corrected chi connectivity index (χ2v) is 16.2. The van der Waals surface area contributed by atoms with E-state index in [0.29, 0.717) is 11.8 Å². The molecule has 0 fully saturated rings. The predicted octanol–water partition coefficient (Wildman–Crippen LogP) is 15.2. The van der Waals surface area contributed by atoms with Gasteiger partial charge in [0.15, 0.2) is 0 Å². The van der Waals surface area contributed by atoms with Gasteiger partial charge in [0.25, 0.3) is 0 Å². The van der Waals surface area contributed by atoms with Crippen molar-refractivity contribution in [3.05, 3.63) is 142 Å². The van der Waals surface area contributed by atoms with Gasteiger partial charge in [0.1, 0.15) is 0 Å². The van der Waals surface area contributed by atoms with Gasteiger partial charge in [0.05, 0.1) is 0 Å². The molecule has 0 nitrogen and oxygen atoms in total. The van der Waals surface area contributed by atoms with Crippen LogP contribution in [0.15, 0.2) is 109 Å². The normalized spacial score (nSPS) is 14.0. The number of fused-ring (bicyclic) bond motifs is 6. The molecule has 1 aromatic heterocycles. The fourth-order valence-corrected chi connectivity index (χ4v) is 9.95. The molecular weight excluding hydrogens is 621 g/mol. The summed E-state index contributed by atoms with van der Waals surface area (Å²) in [6, 6.07) is 37.3. The molecule has 8 rings (SSSR count). The van der Waals surface area contributed by atoms with Gasteiger partial charge in [-0.15, -0.1) is 11.3 Å². The van der Waals surface area contributed by atoms with E-state index in [0.717, 1.165) is 0 Å². The second kappa shape index (κ2) is 12.3. The summed E-state index contributed by atoms with van der Waals surface area (Å²) >= 11 is 1.94. The lowest BCUT2D eigenvalue weighted by atomic mass is 9.77. The molecule has 1 aliphatic rings. The van der Waals surface area contributed by atoms with Crippen LogP contribution in [0, 0.1) is 0 Å². The van der Waals surface area contributed by atoms with Gasteiger partial charge < -0.3 is 0 Å². The van der Waals surface area contributed by atoms with Crippen molar-refractivity contribution in [3.63, 3.8) is 0 Å². The van der Waals surface area contributed by atoms with Crippen LogP contribution in [0.2, 0.25) is 0 Å². The van der Waals surface area contributed by atoms with Crippen LogP contribution in [0.1, 0.15) is 99.9 Å². The number of benzene rings is 6. The average molecular weight is 667 g/mol. The molecule has 0 atom stereocenters. The zero-order valence-corrected chi connectivity index (χ0v) is 31.4. The summed E-state index contributed by atoms with van der Waals surface area (Å²) in [7, 11) is 0. The van der Waals surface area contributed by atoms with E-state index in [1.54, 1.807) is 0 Å². The maximum atomic E-state index is 2.51. The second-order valence-electron chi connectivity index (χ2n) is 15.1. The van der Waals surface area contributed by atoms with Gasteiger partial charge in [-0.3, -0.25) is 0 Å². The summed E-state index contributed by atoms with van der Waals surface area (Å²) in [5.41, 5.74) is 14.9. The van der Waals surface area contributed by atoms with Gasteiger partial charge in [-0.05, 0) is 127 Å². The highest BCUT2D eigenvalue weighted by atomic mass is 32.1. The Bertz CT molecular complexity index is 2470. The van der Waals surface area contributed by atoms with Crippen LogP contribution >= 0.6 is 11.3 Å². The highest BCUT2D eigenvalue weighted by Crippen LogP contribution is 2.54. The molecule has 248 valence electrons. The summed E-state index contributed by atoms with van der Waals surface area (Å²) in [5, 5.41) is 6.55. The zero-order valence-electron chi connectivity index (χ0n) is 30.6. The molecule has 0 radical (unpaired) electrons. The standard InChI is InChI=1S/C49H46S/c1-9-15-39-33(29(3)4)24-25-40-34-23-21-32(28-43(34)49(7,8)47(39)40)46-37-19-13-11-17-35(37)45(36-18-12-14-20-38(36)46)31-22-26-44-42(27-31)41(16-10-2)48(50-44)30(5)6/h9-30H,1-8H3/b15-9-,16-10-. The first-order valence-corrected chi connectivity index (χ1v) is 19.1. The molecule has 0 saturated carbocycles.